The highest BCUT2D eigenvalue weighted by Crippen LogP contribution is 2.25. The van der Waals surface area contributed by atoms with Crippen LogP contribution in [0.2, 0.25) is 10.2 Å². The highest BCUT2D eigenvalue weighted by Gasteiger charge is 2.19. The quantitative estimate of drug-likeness (QED) is 0.912. The number of hydrogen-bond acceptors (Lipinski definition) is 2. The van der Waals surface area contributed by atoms with E-state index in [-0.39, 0.29) is 12.5 Å². The highest BCUT2D eigenvalue weighted by atomic mass is 35.5. The molecule has 0 aliphatic heterocycles. The van der Waals surface area contributed by atoms with E-state index >= 15 is 0 Å². The number of aromatic nitrogens is 1. The van der Waals surface area contributed by atoms with Crippen LogP contribution in [0.25, 0.3) is 0 Å². The van der Waals surface area contributed by atoms with E-state index < -0.39 is 6.04 Å². The lowest BCUT2D eigenvalue weighted by atomic mass is 10.1. The first kappa shape index (κ1) is 14.9. The molecule has 4 nitrogen and oxygen atoms in total. The Labute approximate surface area is 126 Å². The third kappa shape index (κ3) is 2.98. The Balaban J connectivity index is 2.20. The Morgan fingerprint density at radius 3 is 2.50 bits per heavy atom. The van der Waals surface area contributed by atoms with E-state index in [4.69, 9.17) is 23.2 Å². The van der Waals surface area contributed by atoms with Crippen molar-refractivity contribution >= 4 is 29.1 Å². The molecule has 1 unspecified atom stereocenters. The summed E-state index contributed by atoms with van der Waals surface area (Å²) in [6, 6.07) is 10.3. The predicted octanol–water partition coefficient (Wildman–Crippen LogP) is 2.80. The molecule has 1 heterocycles. The summed E-state index contributed by atoms with van der Waals surface area (Å²) in [4.78, 5) is 12.2. The van der Waals surface area contributed by atoms with E-state index in [1.165, 1.54) is 10.6 Å². The van der Waals surface area contributed by atoms with E-state index in [2.05, 4.69) is 5.32 Å². The maximum atomic E-state index is 12.2. The second kappa shape index (κ2) is 6.31. The Hall–Kier alpha value is -1.49. The standard InChI is InChI=1S/C14H14Cl2N2O2/c1-18-12(7-10(15)13(18)16)14(20)17-11(8-19)9-5-3-2-4-6-9/h2-7,11,19H,8H2,1H3,(H,17,20). The molecule has 0 saturated heterocycles. The number of carbonyl (C=O) groups excluding carboxylic acids is 1. The first-order chi connectivity index (χ1) is 9.54. The van der Waals surface area contributed by atoms with Crippen molar-refractivity contribution in [2.45, 2.75) is 6.04 Å². The Morgan fingerprint density at radius 2 is 2.00 bits per heavy atom. The van der Waals surface area contributed by atoms with Gasteiger partial charge in [-0.2, -0.15) is 0 Å². The predicted molar refractivity (Wildman–Crippen MR) is 79.2 cm³/mol. The van der Waals surface area contributed by atoms with E-state index in [1.54, 1.807) is 7.05 Å². The number of rotatable bonds is 4. The van der Waals surface area contributed by atoms with Crippen LogP contribution in [-0.2, 0) is 7.05 Å². The lowest BCUT2D eigenvalue weighted by molar-refractivity contribution is 0.0908. The molecule has 20 heavy (non-hydrogen) atoms. The van der Waals surface area contributed by atoms with Gasteiger partial charge in [0.2, 0.25) is 0 Å². The smallest absolute Gasteiger partial charge is 0.268 e. The van der Waals surface area contributed by atoms with Crippen molar-refractivity contribution in [1.29, 1.82) is 0 Å². The highest BCUT2D eigenvalue weighted by molar-refractivity contribution is 6.41. The van der Waals surface area contributed by atoms with E-state index in [9.17, 15) is 9.90 Å². The van der Waals surface area contributed by atoms with Crippen LogP contribution >= 0.6 is 23.2 Å². The van der Waals surface area contributed by atoms with E-state index in [0.717, 1.165) is 5.56 Å². The number of aliphatic hydroxyl groups excluding tert-OH is 1. The molecule has 0 aliphatic carbocycles. The van der Waals surface area contributed by atoms with Gasteiger partial charge in [0.1, 0.15) is 10.8 Å². The van der Waals surface area contributed by atoms with Gasteiger partial charge in [-0.15, -0.1) is 0 Å². The molecule has 2 rings (SSSR count). The molecule has 0 saturated carbocycles. The second-order valence-electron chi connectivity index (χ2n) is 4.35. The van der Waals surface area contributed by atoms with Crippen LogP contribution < -0.4 is 5.32 Å². The minimum Gasteiger partial charge on any atom is -0.394 e. The van der Waals surface area contributed by atoms with Gasteiger partial charge < -0.3 is 15.0 Å². The van der Waals surface area contributed by atoms with Gasteiger partial charge in [-0.1, -0.05) is 53.5 Å². The zero-order valence-corrected chi connectivity index (χ0v) is 12.3. The second-order valence-corrected chi connectivity index (χ2v) is 5.11. The zero-order chi connectivity index (χ0) is 14.7. The van der Waals surface area contributed by atoms with Crippen LogP contribution in [0, 0.1) is 0 Å². The van der Waals surface area contributed by atoms with Crippen LogP contribution in [0.15, 0.2) is 36.4 Å². The molecule has 0 spiro atoms. The average molecular weight is 313 g/mol. The lowest BCUT2D eigenvalue weighted by Crippen LogP contribution is -2.31. The van der Waals surface area contributed by atoms with Crippen molar-refractivity contribution in [1.82, 2.24) is 9.88 Å². The molecule has 1 amide bonds. The third-order valence-electron chi connectivity index (χ3n) is 3.04. The summed E-state index contributed by atoms with van der Waals surface area (Å²) in [5.74, 6) is -0.343. The van der Waals surface area contributed by atoms with Crippen molar-refractivity contribution in [3.05, 3.63) is 57.8 Å². The molecule has 0 bridgehead atoms. The summed E-state index contributed by atoms with van der Waals surface area (Å²) in [5.41, 5.74) is 1.17. The molecule has 0 aliphatic rings. The summed E-state index contributed by atoms with van der Waals surface area (Å²) < 4.78 is 1.50. The van der Waals surface area contributed by atoms with Gasteiger partial charge in [-0.3, -0.25) is 4.79 Å². The number of carbonyl (C=O) groups is 1. The number of benzene rings is 1. The molecule has 1 atom stereocenters. The minimum absolute atomic E-state index is 0.193. The Bertz CT molecular complexity index is 611. The van der Waals surface area contributed by atoms with Gasteiger partial charge in [0.15, 0.2) is 0 Å². The number of nitrogens with one attached hydrogen (secondary N) is 1. The zero-order valence-electron chi connectivity index (χ0n) is 10.8. The first-order valence-corrected chi connectivity index (χ1v) is 6.77. The van der Waals surface area contributed by atoms with Crippen molar-refractivity contribution in [2.24, 2.45) is 7.05 Å². The van der Waals surface area contributed by atoms with Crippen LogP contribution in [0.4, 0.5) is 0 Å². The van der Waals surface area contributed by atoms with E-state index in [0.29, 0.717) is 15.9 Å². The fraction of sp³-hybridized carbons (Fsp3) is 0.214. The molecular formula is C14H14Cl2N2O2. The molecule has 0 fully saturated rings. The summed E-state index contributed by atoms with van der Waals surface area (Å²) in [6.07, 6.45) is 0. The molecular weight excluding hydrogens is 299 g/mol. The summed E-state index contributed by atoms with van der Waals surface area (Å²) in [7, 11) is 1.65. The van der Waals surface area contributed by atoms with Crippen molar-refractivity contribution in [3.63, 3.8) is 0 Å². The Kier molecular flexibility index (Phi) is 4.70. The van der Waals surface area contributed by atoms with Crippen molar-refractivity contribution in [2.75, 3.05) is 6.61 Å². The number of hydrogen-bond donors (Lipinski definition) is 2. The first-order valence-electron chi connectivity index (χ1n) is 6.02. The fourth-order valence-electron chi connectivity index (χ4n) is 1.91. The van der Waals surface area contributed by atoms with Gasteiger partial charge in [0, 0.05) is 7.05 Å². The number of nitrogens with zero attached hydrogens (tertiary/aromatic N) is 1. The van der Waals surface area contributed by atoms with Crippen LogP contribution in [0.1, 0.15) is 22.1 Å². The maximum Gasteiger partial charge on any atom is 0.268 e. The van der Waals surface area contributed by atoms with Gasteiger partial charge in [0.25, 0.3) is 5.91 Å². The number of halogens is 2. The summed E-state index contributed by atoms with van der Waals surface area (Å²) in [6.45, 7) is -0.193. The SMILES string of the molecule is Cn1c(C(=O)NC(CO)c2ccccc2)cc(Cl)c1Cl. The van der Waals surface area contributed by atoms with Crippen LogP contribution in [0.3, 0.4) is 0 Å². The van der Waals surface area contributed by atoms with Crippen molar-refractivity contribution < 1.29 is 9.90 Å². The minimum atomic E-state index is -0.476. The number of amides is 1. The van der Waals surface area contributed by atoms with E-state index in [1.807, 2.05) is 30.3 Å². The largest absolute Gasteiger partial charge is 0.394 e. The van der Waals surface area contributed by atoms with Gasteiger partial charge in [0.05, 0.1) is 17.7 Å². The normalized spacial score (nSPS) is 12.2. The van der Waals surface area contributed by atoms with Gasteiger partial charge in [-0.25, -0.2) is 0 Å². The summed E-state index contributed by atoms with van der Waals surface area (Å²) >= 11 is 11.8. The van der Waals surface area contributed by atoms with Crippen LogP contribution in [-0.4, -0.2) is 22.2 Å². The molecule has 6 heteroatoms. The topological polar surface area (TPSA) is 54.3 Å². The maximum absolute atomic E-state index is 12.2. The van der Waals surface area contributed by atoms with Crippen LogP contribution in [0.5, 0.6) is 0 Å². The number of aliphatic hydroxyl groups is 1. The molecule has 106 valence electrons. The fourth-order valence-corrected chi connectivity index (χ4v) is 2.29. The molecule has 1 aromatic carbocycles. The monoisotopic (exact) mass is 312 g/mol. The van der Waals surface area contributed by atoms with Gasteiger partial charge in [-0.05, 0) is 11.6 Å². The van der Waals surface area contributed by atoms with Crippen molar-refractivity contribution in [3.8, 4) is 0 Å². The third-order valence-corrected chi connectivity index (χ3v) is 3.88. The lowest BCUT2D eigenvalue weighted by Gasteiger charge is -2.17. The molecule has 0 radical (unpaired) electrons. The summed E-state index contributed by atoms with van der Waals surface area (Å²) in [5, 5.41) is 12.8. The molecule has 2 aromatic rings. The average Bonchev–Trinajstić information content (AvgIpc) is 2.73. The molecule has 2 N–H and O–H groups in total. The van der Waals surface area contributed by atoms with Gasteiger partial charge >= 0.3 is 0 Å². The molecule has 1 aromatic heterocycles. The Morgan fingerprint density at radius 1 is 1.35 bits per heavy atom.